The van der Waals surface area contributed by atoms with Crippen LogP contribution in [0.5, 0.6) is 11.8 Å². The van der Waals surface area contributed by atoms with Gasteiger partial charge < -0.3 is 29.5 Å². The van der Waals surface area contributed by atoms with E-state index >= 15 is 13.2 Å². The lowest BCUT2D eigenvalue weighted by Crippen LogP contribution is -2.48. The molecule has 0 saturated carbocycles. The van der Waals surface area contributed by atoms with Gasteiger partial charge in [-0.05, 0) is 98.5 Å². The Morgan fingerprint density at radius 2 is 1.84 bits per heavy atom. The zero-order valence-corrected chi connectivity index (χ0v) is 29.4. The van der Waals surface area contributed by atoms with Crippen LogP contribution in [-0.4, -0.2) is 93.3 Å². The Morgan fingerprint density at radius 3 is 2.59 bits per heavy atom. The highest BCUT2D eigenvalue weighted by atomic mass is 19.1. The summed E-state index contributed by atoms with van der Waals surface area (Å²) >= 11 is 0. The van der Waals surface area contributed by atoms with Crippen molar-refractivity contribution in [1.82, 2.24) is 19.8 Å². The topological polar surface area (TPSA) is 111 Å². The van der Waals surface area contributed by atoms with Gasteiger partial charge in [0, 0.05) is 45.0 Å². The molecule has 10 nitrogen and oxygen atoms in total. The number of anilines is 1. The van der Waals surface area contributed by atoms with Crippen molar-refractivity contribution in [1.29, 1.82) is 0 Å². The van der Waals surface area contributed by atoms with Gasteiger partial charge in [-0.15, -0.1) is 0 Å². The van der Waals surface area contributed by atoms with E-state index in [-0.39, 0.29) is 59.2 Å². The maximum absolute atomic E-state index is 17.0. The smallest absolute Gasteiger partial charge is 0.411 e. The maximum Gasteiger partial charge on any atom is 0.411 e. The van der Waals surface area contributed by atoms with Crippen molar-refractivity contribution < 1.29 is 37.7 Å². The van der Waals surface area contributed by atoms with E-state index in [2.05, 4.69) is 9.88 Å². The molecular weight excluding hydrogens is 663 g/mol. The van der Waals surface area contributed by atoms with Crippen LogP contribution in [0.3, 0.4) is 0 Å². The molecule has 7 rings (SSSR count). The van der Waals surface area contributed by atoms with Crippen LogP contribution in [0.15, 0.2) is 30.3 Å². The number of rotatable bonds is 8. The van der Waals surface area contributed by atoms with Gasteiger partial charge in [0.05, 0.1) is 16.7 Å². The van der Waals surface area contributed by atoms with E-state index in [4.69, 9.17) is 14.5 Å². The minimum absolute atomic E-state index is 0.00235. The monoisotopic (exact) mass is 707 g/mol. The molecule has 3 aromatic carbocycles. The quantitative estimate of drug-likeness (QED) is 0.202. The van der Waals surface area contributed by atoms with Crippen LogP contribution in [0.1, 0.15) is 64.9 Å². The van der Waals surface area contributed by atoms with E-state index in [0.29, 0.717) is 49.5 Å². The molecular formula is C38H44F3N5O5. The number of benzene rings is 3. The van der Waals surface area contributed by atoms with Crippen molar-refractivity contribution in [3.8, 4) is 22.9 Å². The molecule has 4 heterocycles. The fraction of sp³-hybridized carbons (Fsp3) is 0.500. The first-order chi connectivity index (χ1) is 24.3. The number of piperidine rings is 1. The third-order valence-corrected chi connectivity index (χ3v) is 10.9. The first kappa shape index (κ1) is 35.1. The Kier molecular flexibility index (Phi) is 9.16. The molecule has 1 amide bonds. The van der Waals surface area contributed by atoms with Crippen LogP contribution in [-0.2, 0) is 11.2 Å². The molecule has 3 saturated heterocycles. The SMILES string of the molecule is CCc1c(F)ccc2cc(O)cc(-c3c(F)cc4c(N5CCC[C@@](C)(O)C5)nc(OC[C@]56CCCN5[C@@H](OC(=O)N(C)CC)CC6)nc4c3F)c12. The van der Waals surface area contributed by atoms with Gasteiger partial charge in [-0.25, -0.2) is 18.0 Å². The van der Waals surface area contributed by atoms with Crippen molar-refractivity contribution in [2.24, 2.45) is 0 Å². The van der Waals surface area contributed by atoms with Crippen molar-refractivity contribution in [2.75, 3.05) is 44.7 Å². The third-order valence-electron chi connectivity index (χ3n) is 10.9. The Labute approximate surface area is 294 Å². The second-order valence-corrected chi connectivity index (χ2v) is 14.5. The molecule has 0 spiro atoms. The van der Waals surface area contributed by atoms with Crippen LogP contribution in [0.4, 0.5) is 23.8 Å². The van der Waals surface area contributed by atoms with Gasteiger partial charge in [-0.3, -0.25) is 4.90 Å². The number of phenols is 1. The number of hydrogen-bond acceptors (Lipinski definition) is 9. The van der Waals surface area contributed by atoms with E-state index in [0.717, 1.165) is 25.5 Å². The van der Waals surface area contributed by atoms with Gasteiger partial charge in [0.2, 0.25) is 0 Å². The molecule has 3 aliphatic rings. The van der Waals surface area contributed by atoms with E-state index in [1.54, 1.807) is 25.8 Å². The summed E-state index contributed by atoms with van der Waals surface area (Å²) in [6.07, 6.45) is 3.66. The molecule has 3 atom stereocenters. The number of aromatic hydroxyl groups is 1. The molecule has 13 heteroatoms. The number of aryl methyl sites for hydroxylation is 1. The maximum atomic E-state index is 17.0. The Balaban J connectivity index is 1.32. The number of carbonyl (C=O) groups is 1. The highest BCUT2D eigenvalue weighted by Crippen LogP contribution is 2.45. The summed E-state index contributed by atoms with van der Waals surface area (Å²) in [5.41, 5.74) is -1.89. The number of aliphatic hydroxyl groups is 1. The summed E-state index contributed by atoms with van der Waals surface area (Å²) in [7, 11) is 1.69. The summed E-state index contributed by atoms with van der Waals surface area (Å²) in [4.78, 5) is 27.3. The van der Waals surface area contributed by atoms with E-state index in [1.807, 2.05) is 6.92 Å². The molecule has 0 radical (unpaired) electrons. The van der Waals surface area contributed by atoms with Crippen molar-refractivity contribution >= 4 is 33.6 Å². The summed E-state index contributed by atoms with van der Waals surface area (Å²) in [6, 6.07) is 6.47. The lowest BCUT2D eigenvalue weighted by molar-refractivity contribution is -0.0331. The Morgan fingerprint density at radius 1 is 1.06 bits per heavy atom. The van der Waals surface area contributed by atoms with Gasteiger partial charge in [-0.2, -0.15) is 9.97 Å². The highest BCUT2D eigenvalue weighted by molar-refractivity contribution is 6.03. The highest BCUT2D eigenvalue weighted by Gasteiger charge is 2.51. The molecule has 0 bridgehead atoms. The fourth-order valence-electron chi connectivity index (χ4n) is 8.27. The molecule has 51 heavy (non-hydrogen) atoms. The Bertz CT molecular complexity index is 2010. The second kappa shape index (κ2) is 13.3. The van der Waals surface area contributed by atoms with Crippen LogP contribution in [0.25, 0.3) is 32.8 Å². The molecule has 3 fully saturated rings. The summed E-state index contributed by atoms with van der Waals surface area (Å²) in [6.45, 7) is 7.40. The zero-order chi connectivity index (χ0) is 36.2. The van der Waals surface area contributed by atoms with Crippen LogP contribution >= 0.6 is 0 Å². The number of halogens is 3. The van der Waals surface area contributed by atoms with E-state index < -0.39 is 46.5 Å². The molecule has 4 aromatic rings. The average molecular weight is 708 g/mol. The molecule has 272 valence electrons. The minimum atomic E-state index is -1.06. The van der Waals surface area contributed by atoms with Gasteiger partial charge in [-0.1, -0.05) is 13.0 Å². The summed E-state index contributed by atoms with van der Waals surface area (Å²) in [5, 5.41) is 22.4. The number of aromatic nitrogens is 2. The zero-order valence-electron chi connectivity index (χ0n) is 29.4. The van der Waals surface area contributed by atoms with Crippen LogP contribution in [0, 0.1) is 17.5 Å². The molecule has 3 aliphatic heterocycles. The third kappa shape index (κ3) is 6.28. The summed E-state index contributed by atoms with van der Waals surface area (Å²) in [5.74, 6) is -2.45. The van der Waals surface area contributed by atoms with Crippen molar-refractivity contribution in [3.63, 3.8) is 0 Å². The lowest BCUT2D eigenvalue weighted by atomic mass is 9.91. The van der Waals surface area contributed by atoms with Gasteiger partial charge in [0.1, 0.15) is 35.3 Å². The van der Waals surface area contributed by atoms with Crippen molar-refractivity contribution in [3.05, 3.63) is 53.3 Å². The normalized spacial score (nSPS) is 23.6. The number of amides is 1. The first-order valence-corrected chi connectivity index (χ1v) is 17.8. The van der Waals surface area contributed by atoms with Crippen molar-refractivity contribution in [2.45, 2.75) is 83.1 Å². The number of hydrogen-bond donors (Lipinski definition) is 2. The fourth-order valence-corrected chi connectivity index (χ4v) is 8.27. The van der Waals surface area contributed by atoms with Gasteiger partial charge in [0.15, 0.2) is 12.0 Å². The predicted molar refractivity (Wildman–Crippen MR) is 187 cm³/mol. The number of ether oxygens (including phenoxy) is 2. The van der Waals surface area contributed by atoms with Gasteiger partial charge in [0.25, 0.3) is 0 Å². The molecule has 0 unspecified atom stereocenters. The lowest BCUT2D eigenvalue weighted by Gasteiger charge is -2.38. The number of β-amino-alcohol motifs (C(OH)–C–C–N with tert-alkyl or cyclic N) is 1. The van der Waals surface area contributed by atoms with E-state index in [1.165, 1.54) is 29.2 Å². The van der Waals surface area contributed by atoms with E-state index in [9.17, 15) is 15.0 Å². The Hall–Kier alpha value is -4.36. The van der Waals surface area contributed by atoms with Gasteiger partial charge >= 0.3 is 12.1 Å². The number of fused-ring (bicyclic) bond motifs is 3. The molecule has 1 aromatic heterocycles. The minimum Gasteiger partial charge on any atom is -0.508 e. The predicted octanol–water partition coefficient (Wildman–Crippen LogP) is 6.91. The number of phenolic OH excluding ortho intramolecular Hbond substituents is 1. The molecule has 2 N–H and O–H groups in total. The number of carbonyl (C=O) groups excluding carboxylic acids is 1. The number of nitrogens with zero attached hydrogens (tertiary/aromatic N) is 5. The largest absolute Gasteiger partial charge is 0.508 e. The molecule has 0 aliphatic carbocycles. The first-order valence-electron chi connectivity index (χ1n) is 17.8. The standard InChI is InChI=1S/C38H44F3N5O5/c1-5-24-27(39)10-9-22-17-23(47)18-25(30(22)24)31-28(40)19-26-33(32(31)41)42-35(43-34(26)45-15-7-12-37(3,49)20-45)50-21-38-13-8-16-46(38)29(11-14-38)51-36(48)44(4)6-2/h9-10,17-19,29,47,49H,5-8,11-16,20-21H2,1-4H3/t29-,37+,38+/m0/s1. The average Bonchev–Trinajstić information content (AvgIpc) is 3.66. The summed E-state index contributed by atoms with van der Waals surface area (Å²) < 4.78 is 60.6. The van der Waals surface area contributed by atoms with Crippen LogP contribution < -0.4 is 9.64 Å². The van der Waals surface area contributed by atoms with Crippen LogP contribution in [0.2, 0.25) is 0 Å². The second-order valence-electron chi connectivity index (χ2n) is 14.5.